The minimum Gasteiger partial charge on any atom is -0.497 e. The zero-order chi connectivity index (χ0) is 34.3. The summed E-state index contributed by atoms with van der Waals surface area (Å²) in [4.78, 5) is 29.5. The number of urea groups is 1. The summed E-state index contributed by atoms with van der Waals surface area (Å²) < 4.78 is 16.1. The van der Waals surface area contributed by atoms with Crippen molar-refractivity contribution in [1.82, 2.24) is 4.90 Å². The smallest absolute Gasteiger partial charge is 0.321 e. The molecule has 1 aromatic heterocycles. The van der Waals surface area contributed by atoms with E-state index in [0.29, 0.717) is 68.7 Å². The van der Waals surface area contributed by atoms with Crippen molar-refractivity contribution < 1.29 is 33.7 Å². The summed E-state index contributed by atoms with van der Waals surface area (Å²) in [7, 11) is 3.23. The van der Waals surface area contributed by atoms with Crippen LogP contribution in [0, 0.1) is 5.41 Å². The zero-order valence-electron chi connectivity index (χ0n) is 28.7. The van der Waals surface area contributed by atoms with Gasteiger partial charge in [-0.25, -0.2) is 4.79 Å². The Morgan fingerprint density at radius 1 is 1.08 bits per heavy atom. The van der Waals surface area contributed by atoms with Crippen LogP contribution in [0.1, 0.15) is 92.0 Å². The van der Waals surface area contributed by atoms with E-state index in [1.165, 1.54) is 11.8 Å². The van der Waals surface area contributed by atoms with Gasteiger partial charge in [-0.1, -0.05) is 30.7 Å². The van der Waals surface area contributed by atoms with Crippen LogP contribution >= 0.6 is 0 Å². The summed E-state index contributed by atoms with van der Waals surface area (Å²) in [5.74, 6) is 0.559. The van der Waals surface area contributed by atoms with Crippen molar-refractivity contribution in [2.24, 2.45) is 5.41 Å². The number of nitrogens with one attached hydrogen (secondary N) is 1. The fourth-order valence-corrected chi connectivity index (χ4v) is 7.58. The Balaban J connectivity index is 1.53. The Labute approximate surface area is 283 Å². The van der Waals surface area contributed by atoms with Crippen LogP contribution in [-0.4, -0.2) is 72.5 Å². The molecule has 0 radical (unpaired) electrons. The number of amides is 2. The van der Waals surface area contributed by atoms with Crippen molar-refractivity contribution in [3.05, 3.63) is 95.0 Å². The van der Waals surface area contributed by atoms with Crippen LogP contribution in [-0.2, 0) is 11.2 Å². The van der Waals surface area contributed by atoms with Gasteiger partial charge in [0, 0.05) is 36.9 Å². The highest BCUT2D eigenvalue weighted by Crippen LogP contribution is 2.59. The number of aliphatic hydroxyl groups excluding tert-OH is 1. The lowest BCUT2D eigenvalue weighted by molar-refractivity contribution is -0.0767. The molecule has 6 rings (SSSR count). The quantitative estimate of drug-likeness (QED) is 0.120. The van der Waals surface area contributed by atoms with Crippen molar-refractivity contribution in [2.45, 2.75) is 82.8 Å². The summed E-state index contributed by atoms with van der Waals surface area (Å²) >= 11 is 0. The molecule has 3 aromatic rings. The topological polar surface area (TPSA) is 121 Å². The number of ether oxygens (including phenoxy) is 2. The van der Waals surface area contributed by atoms with Gasteiger partial charge in [-0.15, -0.1) is 0 Å². The van der Waals surface area contributed by atoms with Gasteiger partial charge in [0.05, 0.1) is 31.6 Å². The second kappa shape index (κ2) is 15.5. The molecular formula is C39H50N2O7. The highest BCUT2D eigenvalue weighted by molar-refractivity contribution is 6.08. The number of fused-ring (bicyclic) bond motifs is 8. The Kier molecular flexibility index (Phi) is 11.5. The van der Waals surface area contributed by atoms with Crippen molar-refractivity contribution in [3.63, 3.8) is 0 Å². The highest BCUT2D eigenvalue weighted by atomic mass is 16.5. The molecule has 4 unspecified atom stereocenters. The maximum Gasteiger partial charge on any atom is 0.321 e. The first kappa shape index (κ1) is 35.4. The highest BCUT2D eigenvalue weighted by Gasteiger charge is 2.57. The molecule has 0 saturated heterocycles. The number of benzene rings is 2. The van der Waals surface area contributed by atoms with Crippen LogP contribution in [0.3, 0.4) is 0 Å². The summed E-state index contributed by atoms with van der Waals surface area (Å²) in [6, 6.07) is 16.1. The Hall–Kier alpha value is -3.92. The van der Waals surface area contributed by atoms with Gasteiger partial charge in [-0.05, 0) is 118 Å². The minimum absolute atomic E-state index is 0.125. The van der Waals surface area contributed by atoms with E-state index in [0.717, 1.165) is 24.0 Å². The van der Waals surface area contributed by atoms with Gasteiger partial charge in [0.1, 0.15) is 5.75 Å². The fourth-order valence-electron chi connectivity index (χ4n) is 7.58. The van der Waals surface area contributed by atoms with Crippen LogP contribution in [0.25, 0.3) is 0 Å². The van der Waals surface area contributed by atoms with Crippen LogP contribution in [0.4, 0.5) is 10.5 Å². The number of hydrogen-bond donors (Lipinski definition) is 3. The Morgan fingerprint density at radius 2 is 1.88 bits per heavy atom. The molecule has 9 heteroatoms. The minimum atomic E-state index is -1.25. The van der Waals surface area contributed by atoms with Crippen molar-refractivity contribution in [1.29, 1.82) is 0 Å². The van der Waals surface area contributed by atoms with E-state index in [-0.39, 0.29) is 30.0 Å². The summed E-state index contributed by atoms with van der Waals surface area (Å²) in [5, 5.41) is 26.7. The summed E-state index contributed by atoms with van der Waals surface area (Å²) in [5.41, 5.74) is 2.18. The molecule has 1 heterocycles. The van der Waals surface area contributed by atoms with Gasteiger partial charge in [0.15, 0.2) is 5.76 Å². The van der Waals surface area contributed by atoms with E-state index in [1.54, 1.807) is 55.5 Å². The van der Waals surface area contributed by atoms with Gasteiger partial charge in [0.2, 0.25) is 5.78 Å². The number of anilines is 1. The first-order valence-corrected chi connectivity index (χ1v) is 17.0. The summed E-state index contributed by atoms with van der Waals surface area (Å²) in [6.07, 6.45) is 8.09. The molecule has 48 heavy (non-hydrogen) atoms. The van der Waals surface area contributed by atoms with E-state index in [1.807, 2.05) is 18.2 Å². The molecule has 1 saturated carbocycles. The number of nitrogens with zero attached hydrogens (tertiary/aromatic N) is 1. The Morgan fingerprint density at radius 3 is 2.58 bits per heavy atom. The number of carbonyl (C=O) groups excluding carboxylic acids is 2. The molecular weight excluding hydrogens is 608 g/mol. The predicted molar refractivity (Wildman–Crippen MR) is 186 cm³/mol. The maximum absolute atomic E-state index is 14.0. The molecule has 3 aliphatic carbocycles. The van der Waals surface area contributed by atoms with Gasteiger partial charge >= 0.3 is 6.03 Å². The monoisotopic (exact) mass is 658 g/mol. The number of aliphatic hydroxyl groups is 2. The number of allylic oxidation sites excluding steroid dienone is 2. The lowest BCUT2D eigenvalue weighted by atomic mass is 9.64. The van der Waals surface area contributed by atoms with Gasteiger partial charge < -0.3 is 34.3 Å². The second-order valence-corrected chi connectivity index (χ2v) is 13.7. The number of methoxy groups -OCH3 is 2. The van der Waals surface area contributed by atoms with Crippen LogP contribution in [0.15, 0.2) is 76.9 Å². The number of rotatable bonds is 10. The van der Waals surface area contributed by atoms with Crippen molar-refractivity contribution in [2.75, 3.05) is 39.2 Å². The standard InChI is InChI=1S/C39H50N2O7/c1-27-8-5-19-38(2)34(32-17-11-28(24-30(42)14-10-27)25-33(32)36(43)35-9-6-23-48-35)18-20-39(38,45)26-41(21-7-22-46-3)37(44)40-29-12-15-31(47-4)16-13-29/h6,8-9,11-13,15-17,23,25,30,34,42,45H,5,7,10,14,18-22,24,26H2,1-4H3,(H,40,44). The molecule has 4 atom stereocenters. The average molecular weight is 659 g/mol. The molecule has 1 fully saturated rings. The second-order valence-electron chi connectivity index (χ2n) is 13.7. The van der Waals surface area contributed by atoms with Crippen molar-refractivity contribution in [3.8, 4) is 5.75 Å². The number of carbonyl (C=O) groups is 2. The first-order valence-electron chi connectivity index (χ1n) is 17.0. The maximum atomic E-state index is 14.0. The molecule has 2 aromatic carbocycles. The molecule has 9 nitrogen and oxygen atoms in total. The third-order valence-corrected chi connectivity index (χ3v) is 10.5. The predicted octanol–water partition coefficient (Wildman–Crippen LogP) is 7.13. The average Bonchev–Trinajstić information content (AvgIpc) is 3.70. The van der Waals surface area contributed by atoms with E-state index in [4.69, 9.17) is 13.9 Å². The molecule has 0 aliphatic heterocycles. The zero-order valence-corrected chi connectivity index (χ0v) is 28.7. The fraction of sp³-hybridized carbons (Fsp3) is 0.487. The van der Waals surface area contributed by atoms with E-state index < -0.39 is 17.1 Å². The van der Waals surface area contributed by atoms with Gasteiger partial charge in [-0.2, -0.15) is 0 Å². The summed E-state index contributed by atoms with van der Waals surface area (Å²) in [6.45, 7) is 5.22. The van der Waals surface area contributed by atoms with Gasteiger partial charge in [-0.3, -0.25) is 4.79 Å². The Bertz CT molecular complexity index is 1570. The molecule has 3 N–H and O–H groups in total. The molecule has 2 bridgehead atoms. The first-order chi connectivity index (χ1) is 23.1. The van der Waals surface area contributed by atoms with Crippen LogP contribution in [0.5, 0.6) is 5.75 Å². The lowest BCUT2D eigenvalue weighted by Crippen LogP contribution is -2.54. The third-order valence-electron chi connectivity index (χ3n) is 10.5. The van der Waals surface area contributed by atoms with E-state index in [9.17, 15) is 19.8 Å². The van der Waals surface area contributed by atoms with Crippen LogP contribution in [0.2, 0.25) is 0 Å². The van der Waals surface area contributed by atoms with Gasteiger partial charge in [0.25, 0.3) is 0 Å². The van der Waals surface area contributed by atoms with Crippen LogP contribution < -0.4 is 10.1 Å². The third kappa shape index (κ3) is 7.86. The number of furan rings is 1. The normalized spacial score (nSPS) is 24.3. The molecule has 258 valence electrons. The van der Waals surface area contributed by atoms with E-state index >= 15 is 0 Å². The SMILES string of the molecule is COCCCN(CC1(O)CCC2c3ccc(cc3C(=O)c3ccco3)CC(O)CCC(C)=CCCC21C)C(=O)Nc1ccc(OC)cc1. The number of hydrogen-bond acceptors (Lipinski definition) is 7. The molecule has 2 amide bonds. The molecule has 3 aliphatic rings. The number of ketones is 1. The van der Waals surface area contributed by atoms with E-state index in [2.05, 4.69) is 25.2 Å². The largest absolute Gasteiger partial charge is 0.497 e. The lowest BCUT2D eigenvalue weighted by Gasteiger charge is -2.46. The van der Waals surface area contributed by atoms with Crippen molar-refractivity contribution >= 4 is 17.5 Å². The molecule has 0 spiro atoms.